The van der Waals surface area contributed by atoms with E-state index in [-0.39, 0.29) is 0 Å². The summed E-state index contributed by atoms with van der Waals surface area (Å²) >= 11 is 0. The molecule has 0 N–H and O–H groups in total. The maximum Gasteiger partial charge on any atom is 0.126 e. The van der Waals surface area contributed by atoms with E-state index in [0.717, 1.165) is 11.3 Å². The highest BCUT2D eigenvalue weighted by molar-refractivity contribution is 5.50. The molecule has 0 saturated carbocycles. The summed E-state index contributed by atoms with van der Waals surface area (Å²) in [6.07, 6.45) is 0.414. The molecule has 0 unspecified atom stereocenters. The first-order valence-corrected chi connectivity index (χ1v) is 6.09. The van der Waals surface area contributed by atoms with Gasteiger partial charge in [0.2, 0.25) is 0 Å². The van der Waals surface area contributed by atoms with Gasteiger partial charge in [-0.2, -0.15) is 5.26 Å². The number of ether oxygens (including phenoxy) is 1. The molecule has 0 aliphatic carbocycles. The first-order chi connectivity index (χ1) is 8.02. The molecule has 0 aromatic heterocycles. The van der Waals surface area contributed by atoms with Crippen molar-refractivity contribution >= 4 is 0 Å². The van der Waals surface area contributed by atoms with E-state index in [2.05, 4.69) is 45.9 Å². The lowest BCUT2D eigenvalue weighted by Crippen LogP contribution is -2.04. The van der Waals surface area contributed by atoms with Gasteiger partial charge >= 0.3 is 0 Å². The average Bonchev–Trinajstić information content (AvgIpc) is 2.28. The Kier molecular flexibility index (Phi) is 4.57. The lowest BCUT2D eigenvalue weighted by molar-refractivity contribution is 0.402. The molecule has 0 saturated heterocycles. The van der Waals surface area contributed by atoms with E-state index >= 15 is 0 Å². The summed E-state index contributed by atoms with van der Waals surface area (Å²) < 4.78 is 5.53. The molecule has 0 radical (unpaired) electrons. The molecule has 0 amide bonds. The summed E-state index contributed by atoms with van der Waals surface area (Å²) in [5.74, 6) is 1.71. The van der Waals surface area contributed by atoms with Gasteiger partial charge in [0.05, 0.1) is 19.6 Å². The van der Waals surface area contributed by atoms with Crippen molar-refractivity contribution in [2.45, 2.75) is 46.0 Å². The molecule has 2 heteroatoms. The van der Waals surface area contributed by atoms with Gasteiger partial charge in [0.25, 0.3) is 0 Å². The molecule has 0 bridgehead atoms. The Morgan fingerprint density at radius 1 is 1.12 bits per heavy atom. The molecule has 0 atom stereocenters. The number of benzene rings is 1. The fraction of sp³-hybridized carbons (Fsp3) is 0.533. The molecule has 92 valence electrons. The maximum atomic E-state index is 8.97. The minimum absolute atomic E-state index is 0.406. The van der Waals surface area contributed by atoms with E-state index < -0.39 is 0 Å². The van der Waals surface area contributed by atoms with Crippen molar-refractivity contribution in [3.05, 3.63) is 28.8 Å². The van der Waals surface area contributed by atoms with Crippen LogP contribution in [0.15, 0.2) is 12.1 Å². The molecular weight excluding hydrogens is 210 g/mol. The highest BCUT2D eigenvalue weighted by Gasteiger charge is 2.17. The predicted molar refractivity (Wildman–Crippen MR) is 70.5 cm³/mol. The van der Waals surface area contributed by atoms with Crippen LogP contribution in [0.25, 0.3) is 0 Å². The summed E-state index contributed by atoms with van der Waals surface area (Å²) in [4.78, 5) is 0. The van der Waals surface area contributed by atoms with Crippen LogP contribution in [0.3, 0.4) is 0 Å². The van der Waals surface area contributed by atoms with Gasteiger partial charge in [0.15, 0.2) is 0 Å². The van der Waals surface area contributed by atoms with Crippen LogP contribution >= 0.6 is 0 Å². The molecule has 2 nitrogen and oxygen atoms in total. The molecule has 0 aliphatic heterocycles. The number of rotatable bonds is 4. The Bertz CT molecular complexity index is 427. The van der Waals surface area contributed by atoms with Crippen LogP contribution in [0.1, 0.15) is 56.2 Å². The van der Waals surface area contributed by atoms with Crippen LogP contribution in [0.4, 0.5) is 0 Å². The summed E-state index contributed by atoms with van der Waals surface area (Å²) in [7, 11) is 1.69. The molecule has 0 aliphatic rings. The second-order valence-corrected chi connectivity index (χ2v) is 4.90. The fourth-order valence-corrected chi connectivity index (χ4v) is 2.16. The highest BCUT2D eigenvalue weighted by Crippen LogP contribution is 2.35. The Hall–Kier alpha value is -1.49. The Balaban J connectivity index is 3.45. The number of hydrogen-bond acceptors (Lipinski definition) is 2. The van der Waals surface area contributed by atoms with Crippen LogP contribution in [0, 0.1) is 11.3 Å². The van der Waals surface area contributed by atoms with E-state index in [1.54, 1.807) is 7.11 Å². The smallest absolute Gasteiger partial charge is 0.126 e. The molecule has 0 spiro atoms. The van der Waals surface area contributed by atoms with E-state index in [9.17, 15) is 0 Å². The van der Waals surface area contributed by atoms with Crippen molar-refractivity contribution in [3.8, 4) is 11.8 Å². The van der Waals surface area contributed by atoms with Gasteiger partial charge in [-0.25, -0.2) is 0 Å². The zero-order valence-electron chi connectivity index (χ0n) is 11.4. The van der Waals surface area contributed by atoms with E-state index in [0.29, 0.717) is 18.3 Å². The van der Waals surface area contributed by atoms with Gasteiger partial charge in [-0.15, -0.1) is 0 Å². The summed E-state index contributed by atoms with van der Waals surface area (Å²) in [6, 6.07) is 6.50. The quantitative estimate of drug-likeness (QED) is 0.784. The van der Waals surface area contributed by atoms with Gasteiger partial charge < -0.3 is 4.74 Å². The number of methoxy groups -OCH3 is 1. The van der Waals surface area contributed by atoms with Crippen molar-refractivity contribution in [2.24, 2.45) is 0 Å². The first-order valence-electron chi connectivity index (χ1n) is 6.09. The van der Waals surface area contributed by atoms with Crippen molar-refractivity contribution in [1.82, 2.24) is 0 Å². The molecule has 0 heterocycles. The van der Waals surface area contributed by atoms with Crippen LogP contribution in [-0.2, 0) is 6.42 Å². The summed E-state index contributed by atoms with van der Waals surface area (Å²) in [6.45, 7) is 8.57. The Morgan fingerprint density at radius 2 is 1.65 bits per heavy atom. The van der Waals surface area contributed by atoms with E-state index in [1.165, 1.54) is 11.1 Å². The van der Waals surface area contributed by atoms with Gasteiger partial charge in [-0.1, -0.05) is 39.8 Å². The van der Waals surface area contributed by atoms with Crippen molar-refractivity contribution in [1.29, 1.82) is 5.26 Å². The normalized spacial score (nSPS) is 10.7. The predicted octanol–water partition coefficient (Wildman–Crippen LogP) is 4.01. The van der Waals surface area contributed by atoms with Gasteiger partial charge in [-0.3, -0.25) is 0 Å². The Labute approximate surface area is 104 Å². The molecular formula is C15H21NO. The summed E-state index contributed by atoms with van der Waals surface area (Å²) in [5.41, 5.74) is 3.45. The average molecular weight is 231 g/mol. The lowest BCUT2D eigenvalue weighted by Gasteiger charge is -2.19. The SMILES string of the molecule is COc1c(C(C)C)ccc(C(C)C)c1CC#N. The third kappa shape index (κ3) is 2.79. The van der Waals surface area contributed by atoms with Crippen LogP contribution in [-0.4, -0.2) is 7.11 Å². The minimum atomic E-state index is 0.406. The Morgan fingerprint density at radius 3 is 2.06 bits per heavy atom. The lowest BCUT2D eigenvalue weighted by atomic mass is 9.89. The van der Waals surface area contributed by atoms with Crippen molar-refractivity contribution < 1.29 is 4.74 Å². The van der Waals surface area contributed by atoms with E-state index in [1.807, 2.05) is 0 Å². The fourth-order valence-electron chi connectivity index (χ4n) is 2.16. The van der Waals surface area contributed by atoms with Crippen molar-refractivity contribution in [3.63, 3.8) is 0 Å². The maximum absolute atomic E-state index is 8.97. The molecule has 0 fully saturated rings. The zero-order valence-corrected chi connectivity index (χ0v) is 11.4. The second kappa shape index (κ2) is 5.72. The van der Waals surface area contributed by atoms with Crippen LogP contribution in [0.2, 0.25) is 0 Å². The van der Waals surface area contributed by atoms with Gasteiger partial charge in [-0.05, 0) is 23.0 Å². The van der Waals surface area contributed by atoms with Gasteiger partial charge in [0, 0.05) is 5.56 Å². The number of nitriles is 1. The van der Waals surface area contributed by atoms with Gasteiger partial charge in [0.1, 0.15) is 5.75 Å². The van der Waals surface area contributed by atoms with Crippen molar-refractivity contribution in [2.75, 3.05) is 7.11 Å². The second-order valence-electron chi connectivity index (χ2n) is 4.90. The van der Waals surface area contributed by atoms with Crippen LogP contribution in [0.5, 0.6) is 5.75 Å². The zero-order chi connectivity index (χ0) is 13.0. The number of nitrogens with zero attached hydrogens (tertiary/aromatic N) is 1. The summed E-state index contributed by atoms with van der Waals surface area (Å²) in [5, 5.41) is 8.97. The molecule has 17 heavy (non-hydrogen) atoms. The highest BCUT2D eigenvalue weighted by atomic mass is 16.5. The molecule has 1 aromatic carbocycles. The first kappa shape index (κ1) is 13.6. The third-order valence-electron chi connectivity index (χ3n) is 3.03. The third-order valence-corrected chi connectivity index (χ3v) is 3.03. The van der Waals surface area contributed by atoms with E-state index in [4.69, 9.17) is 10.00 Å². The molecule has 1 aromatic rings. The number of hydrogen-bond donors (Lipinski definition) is 0. The standard InChI is InChI=1S/C15H21NO/c1-10(2)12-6-7-13(11(3)4)15(17-5)14(12)8-9-16/h6-7,10-11H,8H2,1-5H3. The minimum Gasteiger partial charge on any atom is -0.496 e. The van der Waals surface area contributed by atoms with Crippen LogP contribution < -0.4 is 4.74 Å². The monoisotopic (exact) mass is 231 g/mol. The molecule has 1 rings (SSSR count). The topological polar surface area (TPSA) is 33.0 Å². The largest absolute Gasteiger partial charge is 0.496 e.